The molecule has 0 saturated carbocycles. The molecule has 1 aliphatic carbocycles. The highest BCUT2D eigenvalue weighted by Crippen LogP contribution is 2.19. The molecule has 0 unspecified atom stereocenters. The molecule has 6 nitrogen and oxygen atoms in total. The van der Waals surface area contributed by atoms with E-state index in [1.165, 1.54) is 31.3 Å². The maximum absolute atomic E-state index is 12.1. The topological polar surface area (TPSA) is 61.9 Å². The Hall–Kier alpha value is -1.72. The predicted molar refractivity (Wildman–Crippen MR) is 84.7 cm³/mol. The molecule has 124 valence electrons. The Morgan fingerprint density at radius 3 is 2.55 bits per heavy atom. The Labute approximate surface area is 132 Å². The van der Waals surface area contributed by atoms with Crippen molar-refractivity contribution in [2.45, 2.75) is 39.0 Å². The summed E-state index contributed by atoms with van der Waals surface area (Å²) in [5.74, 6) is 0. The first-order valence-electron chi connectivity index (χ1n) is 8.33. The number of urea groups is 1. The average molecular weight is 309 g/mol. The number of amides is 3. The number of piperazine rings is 1. The lowest BCUT2D eigenvalue weighted by atomic mass is 9.97. The highest BCUT2D eigenvalue weighted by Gasteiger charge is 2.24. The molecule has 0 aromatic carbocycles. The van der Waals surface area contributed by atoms with Crippen LogP contribution in [0.15, 0.2) is 11.6 Å². The van der Waals surface area contributed by atoms with Gasteiger partial charge >= 0.3 is 12.1 Å². The number of hydrogen-bond acceptors (Lipinski definition) is 3. The van der Waals surface area contributed by atoms with Crippen LogP contribution in [-0.2, 0) is 4.74 Å². The molecule has 1 N–H and O–H groups in total. The minimum atomic E-state index is -0.285. The van der Waals surface area contributed by atoms with Crippen LogP contribution in [0.5, 0.6) is 0 Å². The molecule has 2 aliphatic rings. The van der Waals surface area contributed by atoms with Crippen molar-refractivity contribution < 1.29 is 14.3 Å². The van der Waals surface area contributed by atoms with E-state index in [1.54, 1.807) is 16.7 Å². The van der Waals surface area contributed by atoms with Crippen LogP contribution in [0.2, 0.25) is 0 Å². The van der Waals surface area contributed by atoms with Gasteiger partial charge in [0.05, 0.1) is 6.61 Å². The Balaban J connectivity index is 1.64. The van der Waals surface area contributed by atoms with E-state index in [1.807, 2.05) is 0 Å². The Morgan fingerprint density at radius 1 is 1.18 bits per heavy atom. The first-order valence-corrected chi connectivity index (χ1v) is 8.33. The summed E-state index contributed by atoms with van der Waals surface area (Å²) in [4.78, 5) is 27.1. The van der Waals surface area contributed by atoms with Gasteiger partial charge in [0, 0.05) is 32.7 Å². The van der Waals surface area contributed by atoms with Gasteiger partial charge in [0.25, 0.3) is 0 Å². The smallest absolute Gasteiger partial charge is 0.409 e. The number of rotatable bonds is 4. The summed E-state index contributed by atoms with van der Waals surface area (Å²) in [6.07, 6.45) is 7.90. The van der Waals surface area contributed by atoms with E-state index in [9.17, 15) is 9.59 Å². The average Bonchev–Trinajstić information content (AvgIpc) is 2.56. The largest absolute Gasteiger partial charge is 0.450 e. The van der Waals surface area contributed by atoms with Crippen molar-refractivity contribution in [2.75, 3.05) is 39.3 Å². The van der Waals surface area contributed by atoms with Crippen LogP contribution in [0.25, 0.3) is 0 Å². The number of nitrogens with zero attached hydrogens (tertiary/aromatic N) is 2. The van der Waals surface area contributed by atoms with Crippen molar-refractivity contribution >= 4 is 12.1 Å². The number of ether oxygens (including phenoxy) is 1. The molecule has 1 heterocycles. The van der Waals surface area contributed by atoms with Crippen LogP contribution in [-0.4, -0.2) is 61.3 Å². The predicted octanol–water partition coefficient (Wildman–Crippen LogP) is 2.36. The van der Waals surface area contributed by atoms with Gasteiger partial charge in [-0.05, 0) is 39.0 Å². The zero-order valence-electron chi connectivity index (χ0n) is 13.5. The van der Waals surface area contributed by atoms with Gasteiger partial charge in [-0.3, -0.25) is 0 Å². The summed E-state index contributed by atoms with van der Waals surface area (Å²) in [5.41, 5.74) is 1.47. The fraction of sp³-hybridized carbons (Fsp3) is 0.750. The van der Waals surface area contributed by atoms with E-state index in [0.717, 1.165) is 6.42 Å². The van der Waals surface area contributed by atoms with Crippen LogP contribution >= 0.6 is 0 Å². The van der Waals surface area contributed by atoms with Gasteiger partial charge in [-0.1, -0.05) is 11.6 Å². The summed E-state index contributed by atoms with van der Waals surface area (Å²) in [6.45, 7) is 5.08. The molecule has 0 spiro atoms. The normalized spacial score (nSPS) is 18.7. The van der Waals surface area contributed by atoms with Gasteiger partial charge in [-0.2, -0.15) is 0 Å². The maximum atomic E-state index is 12.1. The molecular formula is C16H27N3O3. The molecule has 1 saturated heterocycles. The van der Waals surface area contributed by atoms with Crippen LogP contribution < -0.4 is 5.32 Å². The second kappa shape index (κ2) is 8.66. The lowest BCUT2D eigenvalue weighted by Gasteiger charge is -2.34. The standard InChI is InChI=1S/C16H27N3O3/c1-2-22-16(21)19-12-10-18(11-13-19)15(20)17-9-8-14-6-4-3-5-7-14/h6H,2-5,7-13H2,1H3,(H,17,20). The fourth-order valence-corrected chi connectivity index (χ4v) is 2.88. The first-order chi connectivity index (χ1) is 10.7. The summed E-state index contributed by atoms with van der Waals surface area (Å²) in [5, 5.41) is 2.98. The van der Waals surface area contributed by atoms with E-state index in [0.29, 0.717) is 39.3 Å². The van der Waals surface area contributed by atoms with E-state index in [-0.39, 0.29) is 12.1 Å². The zero-order chi connectivity index (χ0) is 15.8. The second-order valence-electron chi connectivity index (χ2n) is 5.76. The van der Waals surface area contributed by atoms with Gasteiger partial charge in [0.1, 0.15) is 0 Å². The van der Waals surface area contributed by atoms with Gasteiger partial charge in [0.15, 0.2) is 0 Å². The van der Waals surface area contributed by atoms with Crippen molar-refractivity contribution in [3.05, 3.63) is 11.6 Å². The maximum Gasteiger partial charge on any atom is 0.409 e. The van der Waals surface area contributed by atoms with Crippen LogP contribution in [0.1, 0.15) is 39.0 Å². The van der Waals surface area contributed by atoms with Crippen molar-refractivity contribution in [3.8, 4) is 0 Å². The van der Waals surface area contributed by atoms with Gasteiger partial charge in [-0.25, -0.2) is 9.59 Å². The SMILES string of the molecule is CCOC(=O)N1CCN(C(=O)NCCC2=CCCCC2)CC1. The molecule has 6 heteroatoms. The van der Waals surface area contributed by atoms with Crippen LogP contribution in [0.4, 0.5) is 9.59 Å². The summed E-state index contributed by atoms with van der Waals surface area (Å²) < 4.78 is 4.97. The zero-order valence-corrected chi connectivity index (χ0v) is 13.5. The molecule has 22 heavy (non-hydrogen) atoms. The van der Waals surface area contributed by atoms with Crippen LogP contribution in [0, 0.1) is 0 Å². The number of carbonyl (C=O) groups is 2. The molecule has 1 fully saturated rings. The second-order valence-corrected chi connectivity index (χ2v) is 5.76. The number of allylic oxidation sites excluding steroid dienone is 1. The third-order valence-electron chi connectivity index (χ3n) is 4.20. The monoisotopic (exact) mass is 309 g/mol. The van der Waals surface area contributed by atoms with Crippen LogP contribution in [0.3, 0.4) is 0 Å². The molecular weight excluding hydrogens is 282 g/mol. The van der Waals surface area contributed by atoms with Crippen molar-refractivity contribution in [1.82, 2.24) is 15.1 Å². The van der Waals surface area contributed by atoms with Gasteiger partial charge in [0.2, 0.25) is 0 Å². The number of hydrogen-bond donors (Lipinski definition) is 1. The van der Waals surface area contributed by atoms with Gasteiger partial charge in [-0.15, -0.1) is 0 Å². The first kappa shape index (κ1) is 16.6. The minimum absolute atomic E-state index is 0.0279. The van der Waals surface area contributed by atoms with Crippen molar-refractivity contribution in [1.29, 1.82) is 0 Å². The summed E-state index contributed by atoms with van der Waals surface area (Å²) >= 11 is 0. The number of nitrogens with one attached hydrogen (secondary N) is 1. The molecule has 2 rings (SSSR count). The molecule has 0 bridgehead atoms. The van der Waals surface area contributed by atoms with Crippen molar-refractivity contribution in [3.63, 3.8) is 0 Å². The van der Waals surface area contributed by atoms with E-state index < -0.39 is 0 Å². The minimum Gasteiger partial charge on any atom is -0.450 e. The highest BCUT2D eigenvalue weighted by molar-refractivity contribution is 5.75. The summed E-state index contributed by atoms with van der Waals surface area (Å²) in [6, 6.07) is -0.0279. The lowest BCUT2D eigenvalue weighted by molar-refractivity contribution is 0.0852. The molecule has 0 aromatic heterocycles. The molecule has 0 aromatic rings. The van der Waals surface area contributed by atoms with Gasteiger partial charge < -0.3 is 19.9 Å². The van der Waals surface area contributed by atoms with E-state index in [2.05, 4.69) is 11.4 Å². The third-order valence-corrected chi connectivity index (χ3v) is 4.20. The van der Waals surface area contributed by atoms with E-state index >= 15 is 0 Å². The molecule has 0 atom stereocenters. The highest BCUT2D eigenvalue weighted by atomic mass is 16.6. The number of carbonyl (C=O) groups excluding carboxylic acids is 2. The molecule has 3 amide bonds. The van der Waals surface area contributed by atoms with Crippen molar-refractivity contribution in [2.24, 2.45) is 0 Å². The summed E-state index contributed by atoms with van der Waals surface area (Å²) in [7, 11) is 0. The third kappa shape index (κ3) is 4.93. The Morgan fingerprint density at radius 2 is 1.91 bits per heavy atom. The Bertz CT molecular complexity index is 415. The lowest BCUT2D eigenvalue weighted by Crippen LogP contribution is -2.53. The Kier molecular flexibility index (Phi) is 6.55. The molecule has 1 aliphatic heterocycles. The quantitative estimate of drug-likeness (QED) is 0.811. The fourth-order valence-electron chi connectivity index (χ4n) is 2.88. The molecule has 0 radical (unpaired) electrons. The van der Waals surface area contributed by atoms with E-state index in [4.69, 9.17) is 4.74 Å².